The summed E-state index contributed by atoms with van der Waals surface area (Å²) in [6.45, 7) is 1.71. The molecule has 0 spiro atoms. The smallest absolute Gasteiger partial charge is 0.145 e. The largest absolute Gasteiger partial charge is 0.381 e. The Hall–Kier alpha value is -0.640. The van der Waals surface area contributed by atoms with E-state index in [2.05, 4.69) is 5.32 Å². The maximum Gasteiger partial charge on any atom is 0.145 e. The van der Waals surface area contributed by atoms with E-state index >= 15 is 0 Å². The van der Waals surface area contributed by atoms with Crippen LogP contribution in [0.4, 0.5) is 4.39 Å². The van der Waals surface area contributed by atoms with E-state index in [4.69, 9.17) is 16.3 Å². The summed E-state index contributed by atoms with van der Waals surface area (Å²) in [5.74, 6) is 0.393. The summed E-state index contributed by atoms with van der Waals surface area (Å²) >= 11 is 5.82. The topological polar surface area (TPSA) is 21.3 Å². The molecule has 2 nitrogen and oxygen atoms in total. The second-order valence-corrected chi connectivity index (χ2v) is 5.60. The van der Waals surface area contributed by atoms with Crippen LogP contribution in [0.2, 0.25) is 5.02 Å². The number of benzene rings is 1. The molecule has 0 aliphatic carbocycles. The molecule has 0 saturated carbocycles. The van der Waals surface area contributed by atoms with Crippen molar-refractivity contribution in [1.82, 2.24) is 5.32 Å². The first-order valence-electron chi connectivity index (χ1n) is 6.88. The summed E-state index contributed by atoms with van der Waals surface area (Å²) in [5.41, 5.74) is 0.693. The minimum absolute atomic E-state index is 0.207. The summed E-state index contributed by atoms with van der Waals surface area (Å²) in [7, 11) is 1.94. The summed E-state index contributed by atoms with van der Waals surface area (Å²) in [6.07, 6.45) is 3.96. The van der Waals surface area contributed by atoms with Gasteiger partial charge in [-0.3, -0.25) is 0 Å². The predicted molar refractivity (Wildman–Crippen MR) is 76.1 cm³/mol. The fourth-order valence-electron chi connectivity index (χ4n) is 2.66. The predicted octanol–water partition coefficient (Wildman–Crippen LogP) is 3.43. The van der Waals surface area contributed by atoms with Crippen molar-refractivity contribution in [1.29, 1.82) is 0 Å². The van der Waals surface area contributed by atoms with Gasteiger partial charge in [0.2, 0.25) is 0 Å². The molecule has 106 valence electrons. The molecule has 0 amide bonds. The Morgan fingerprint density at radius 2 is 2.16 bits per heavy atom. The second kappa shape index (κ2) is 7.22. The van der Waals surface area contributed by atoms with Crippen LogP contribution in [0.25, 0.3) is 0 Å². The lowest BCUT2D eigenvalue weighted by atomic mass is 9.90. The monoisotopic (exact) mass is 285 g/mol. The van der Waals surface area contributed by atoms with Crippen molar-refractivity contribution >= 4 is 11.6 Å². The lowest BCUT2D eigenvalue weighted by molar-refractivity contribution is 0.0608. The van der Waals surface area contributed by atoms with E-state index in [0.29, 0.717) is 17.9 Å². The van der Waals surface area contributed by atoms with Crippen LogP contribution in [-0.2, 0) is 11.2 Å². The average Bonchev–Trinajstić information content (AvgIpc) is 2.44. The average molecular weight is 286 g/mol. The van der Waals surface area contributed by atoms with E-state index in [-0.39, 0.29) is 16.9 Å². The van der Waals surface area contributed by atoms with Crippen molar-refractivity contribution in [2.24, 2.45) is 5.92 Å². The molecule has 19 heavy (non-hydrogen) atoms. The summed E-state index contributed by atoms with van der Waals surface area (Å²) < 4.78 is 19.3. The van der Waals surface area contributed by atoms with Gasteiger partial charge in [0.15, 0.2) is 0 Å². The highest BCUT2D eigenvalue weighted by Gasteiger charge is 2.20. The fraction of sp³-hybridized carbons (Fsp3) is 0.600. The number of likely N-dealkylation sites (N-methyl/N-ethyl adjacent to an activating group) is 1. The summed E-state index contributed by atoms with van der Waals surface area (Å²) in [6, 6.07) is 5.50. The van der Waals surface area contributed by atoms with Crippen molar-refractivity contribution in [3.63, 3.8) is 0 Å². The Morgan fingerprint density at radius 1 is 1.42 bits per heavy atom. The standard InChI is InChI=1S/C15H21ClFNO/c1-18-13(9-11-5-7-19-8-6-11)10-12-3-2-4-14(16)15(12)17/h2-4,11,13,18H,5-10H2,1H3. The van der Waals surface area contributed by atoms with Crippen molar-refractivity contribution in [3.05, 3.63) is 34.6 Å². The maximum atomic E-state index is 13.9. The number of hydrogen-bond donors (Lipinski definition) is 1. The first kappa shape index (κ1) is 14.8. The SMILES string of the molecule is CNC(Cc1cccc(Cl)c1F)CC1CCOCC1. The lowest BCUT2D eigenvalue weighted by Gasteiger charge is -2.26. The van der Waals surface area contributed by atoms with Crippen molar-refractivity contribution < 1.29 is 9.13 Å². The molecule has 0 aromatic heterocycles. The Kier molecular flexibility index (Phi) is 5.61. The molecule has 1 atom stereocenters. The second-order valence-electron chi connectivity index (χ2n) is 5.19. The van der Waals surface area contributed by atoms with E-state index in [1.807, 2.05) is 19.2 Å². The van der Waals surface area contributed by atoms with Crippen molar-refractivity contribution in [2.45, 2.75) is 31.7 Å². The van der Waals surface area contributed by atoms with Gasteiger partial charge < -0.3 is 10.1 Å². The Morgan fingerprint density at radius 3 is 2.84 bits per heavy atom. The maximum absolute atomic E-state index is 13.9. The van der Waals surface area contributed by atoms with E-state index in [1.165, 1.54) is 0 Å². The van der Waals surface area contributed by atoms with Gasteiger partial charge in [0.1, 0.15) is 5.82 Å². The van der Waals surface area contributed by atoms with E-state index in [0.717, 1.165) is 32.5 Å². The van der Waals surface area contributed by atoms with E-state index in [1.54, 1.807) is 6.07 Å². The Balaban J connectivity index is 1.96. The van der Waals surface area contributed by atoms with Gasteiger partial charge in [-0.25, -0.2) is 4.39 Å². The molecule has 0 radical (unpaired) electrons. The zero-order valence-corrected chi connectivity index (χ0v) is 12.0. The Labute approximate surface area is 119 Å². The van der Waals surface area contributed by atoms with E-state index in [9.17, 15) is 4.39 Å². The molecular weight excluding hydrogens is 265 g/mol. The highest BCUT2D eigenvalue weighted by Crippen LogP contribution is 2.24. The molecule has 1 N–H and O–H groups in total. The van der Waals surface area contributed by atoms with Crippen LogP contribution in [0.3, 0.4) is 0 Å². The fourth-order valence-corrected chi connectivity index (χ4v) is 2.85. The quantitative estimate of drug-likeness (QED) is 0.895. The van der Waals surface area contributed by atoms with Gasteiger partial charge in [0.25, 0.3) is 0 Å². The van der Waals surface area contributed by atoms with Crippen molar-refractivity contribution in [2.75, 3.05) is 20.3 Å². The zero-order chi connectivity index (χ0) is 13.7. The molecular formula is C15H21ClFNO. The van der Waals surface area contributed by atoms with Crippen LogP contribution in [0, 0.1) is 11.7 Å². The van der Waals surface area contributed by atoms with Gasteiger partial charge in [-0.15, -0.1) is 0 Å². The van der Waals surface area contributed by atoms with Gasteiger partial charge in [0, 0.05) is 19.3 Å². The van der Waals surface area contributed by atoms with Gasteiger partial charge in [-0.2, -0.15) is 0 Å². The molecule has 1 unspecified atom stereocenters. The summed E-state index contributed by atoms with van der Waals surface area (Å²) in [4.78, 5) is 0. The molecule has 1 fully saturated rings. The van der Waals surface area contributed by atoms with Gasteiger partial charge in [-0.1, -0.05) is 23.7 Å². The molecule has 0 bridgehead atoms. The molecule has 1 saturated heterocycles. The van der Waals surface area contributed by atoms with Crippen LogP contribution in [-0.4, -0.2) is 26.3 Å². The van der Waals surface area contributed by atoms with Crippen LogP contribution in [0.5, 0.6) is 0 Å². The first-order chi connectivity index (χ1) is 9.20. The third kappa shape index (κ3) is 4.16. The molecule has 1 heterocycles. The van der Waals surface area contributed by atoms with E-state index < -0.39 is 0 Å². The highest BCUT2D eigenvalue weighted by molar-refractivity contribution is 6.30. The zero-order valence-electron chi connectivity index (χ0n) is 11.3. The van der Waals surface area contributed by atoms with Crippen LogP contribution in [0.1, 0.15) is 24.8 Å². The first-order valence-corrected chi connectivity index (χ1v) is 7.26. The number of hydrogen-bond acceptors (Lipinski definition) is 2. The number of halogens is 2. The minimum atomic E-state index is -0.281. The van der Waals surface area contributed by atoms with Gasteiger partial charge >= 0.3 is 0 Å². The molecule has 1 aliphatic heterocycles. The van der Waals surface area contributed by atoms with Crippen LogP contribution >= 0.6 is 11.6 Å². The third-order valence-corrected chi connectivity index (χ3v) is 4.16. The number of rotatable bonds is 5. The third-order valence-electron chi connectivity index (χ3n) is 3.86. The van der Waals surface area contributed by atoms with Crippen LogP contribution in [0.15, 0.2) is 18.2 Å². The molecule has 1 aliphatic rings. The summed E-state index contributed by atoms with van der Waals surface area (Å²) in [5, 5.41) is 3.50. The van der Waals surface area contributed by atoms with Gasteiger partial charge in [0.05, 0.1) is 5.02 Å². The number of nitrogens with one attached hydrogen (secondary N) is 1. The molecule has 1 aromatic rings. The molecule has 1 aromatic carbocycles. The van der Waals surface area contributed by atoms with Crippen LogP contribution < -0.4 is 5.32 Å². The highest BCUT2D eigenvalue weighted by atomic mass is 35.5. The van der Waals surface area contributed by atoms with Gasteiger partial charge in [-0.05, 0) is 50.3 Å². The molecule has 4 heteroatoms. The molecule has 2 rings (SSSR count). The Bertz CT molecular complexity index is 407. The normalized spacial score (nSPS) is 18.5. The minimum Gasteiger partial charge on any atom is -0.381 e. The lowest BCUT2D eigenvalue weighted by Crippen LogP contribution is -2.32. The van der Waals surface area contributed by atoms with Crippen molar-refractivity contribution in [3.8, 4) is 0 Å². The number of ether oxygens (including phenoxy) is 1.